The van der Waals surface area contributed by atoms with Gasteiger partial charge in [-0.3, -0.25) is 14.5 Å². The summed E-state index contributed by atoms with van der Waals surface area (Å²) >= 11 is 0. The molecule has 1 aromatic rings. The van der Waals surface area contributed by atoms with Crippen molar-refractivity contribution in [2.75, 3.05) is 37.6 Å². The van der Waals surface area contributed by atoms with Crippen LogP contribution < -0.4 is 10.6 Å². The molecule has 0 aliphatic carbocycles. The van der Waals surface area contributed by atoms with Crippen molar-refractivity contribution in [3.8, 4) is 0 Å². The molecule has 138 valence electrons. The second-order valence-corrected chi connectivity index (χ2v) is 6.73. The van der Waals surface area contributed by atoms with Crippen LogP contribution in [0.5, 0.6) is 0 Å². The average molecular weight is 367 g/mol. The van der Waals surface area contributed by atoms with E-state index in [0.29, 0.717) is 19.5 Å². The molecule has 2 saturated heterocycles. The quantitative estimate of drug-likeness (QED) is 0.866. The number of hydrogen-bond acceptors (Lipinski definition) is 4. The first-order chi connectivity index (χ1) is 11.6. The van der Waals surface area contributed by atoms with E-state index in [4.69, 9.17) is 5.73 Å². The van der Waals surface area contributed by atoms with E-state index in [1.807, 2.05) is 47.1 Å². The van der Waals surface area contributed by atoms with Crippen molar-refractivity contribution in [1.82, 2.24) is 9.80 Å². The maximum Gasteiger partial charge on any atom is 0.244 e. The number of carbonyl (C=O) groups is 2. The first kappa shape index (κ1) is 19.7. The Labute approximate surface area is 155 Å². The van der Waals surface area contributed by atoms with Crippen molar-refractivity contribution in [1.29, 1.82) is 0 Å². The van der Waals surface area contributed by atoms with Gasteiger partial charge in [0.15, 0.2) is 0 Å². The van der Waals surface area contributed by atoms with Gasteiger partial charge in [-0.2, -0.15) is 0 Å². The molecule has 0 aromatic heterocycles. The van der Waals surface area contributed by atoms with Crippen molar-refractivity contribution >= 4 is 29.9 Å². The third-order valence-electron chi connectivity index (χ3n) is 4.85. The second kappa shape index (κ2) is 8.65. The standard InChI is InChI=1S/C18H26N4O2.ClH/c1-14(19)13-17(23)21-11-9-20(10-12-21)16-7-8-22(18(16)24)15-5-3-2-4-6-15;/h2-6,14,16H,7-13,19H2,1H3;1H. The lowest BCUT2D eigenvalue weighted by Crippen LogP contribution is -2.54. The highest BCUT2D eigenvalue weighted by Crippen LogP contribution is 2.25. The Morgan fingerprint density at radius 3 is 2.40 bits per heavy atom. The van der Waals surface area contributed by atoms with E-state index in [-0.39, 0.29) is 36.3 Å². The molecule has 0 saturated carbocycles. The Morgan fingerprint density at radius 2 is 1.80 bits per heavy atom. The molecular formula is C18H27ClN4O2. The molecule has 7 heteroatoms. The van der Waals surface area contributed by atoms with Crippen molar-refractivity contribution in [2.45, 2.75) is 31.8 Å². The largest absolute Gasteiger partial charge is 0.340 e. The van der Waals surface area contributed by atoms with E-state index in [1.165, 1.54) is 0 Å². The minimum atomic E-state index is -0.105. The van der Waals surface area contributed by atoms with E-state index >= 15 is 0 Å². The number of piperazine rings is 1. The molecule has 0 bridgehead atoms. The molecule has 2 N–H and O–H groups in total. The molecule has 2 unspecified atom stereocenters. The molecule has 2 aliphatic heterocycles. The van der Waals surface area contributed by atoms with Crippen LogP contribution in [0.4, 0.5) is 5.69 Å². The summed E-state index contributed by atoms with van der Waals surface area (Å²) < 4.78 is 0. The maximum absolute atomic E-state index is 12.8. The number of hydrogen-bond donors (Lipinski definition) is 1. The van der Waals surface area contributed by atoms with E-state index in [0.717, 1.165) is 31.7 Å². The minimum Gasteiger partial charge on any atom is -0.340 e. The molecule has 2 heterocycles. The third-order valence-corrected chi connectivity index (χ3v) is 4.85. The lowest BCUT2D eigenvalue weighted by molar-refractivity contribution is -0.134. The molecule has 3 rings (SSSR count). The Morgan fingerprint density at radius 1 is 1.16 bits per heavy atom. The summed E-state index contributed by atoms with van der Waals surface area (Å²) in [6, 6.07) is 9.66. The van der Waals surface area contributed by atoms with Crippen LogP contribution in [0, 0.1) is 0 Å². The van der Waals surface area contributed by atoms with E-state index in [1.54, 1.807) is 0 Å². The Balaban J connectivity index is 0.00000225. The van der Waals surface area contributed by atoms with Gasteiger partial charge in [-0.25, -0.2) is 0 Å². The van der Waals surface area contributed by atoms with Gasteiger partial charge in [-0.1, -0.05) is 18.2 Å². The molecule has 0 radical (unpaired) electrons. The predicted molar refractivity (Wildman–Crippen MR) is 101 cm³/mol. The van der Waals surface area contributed by atoms with Crippen LogP contribution in [0.25, 0.3) is 0 Å². The fraction of sp³-hybridized carbons (Fsp3) is 0.556. The summed E-state index contributed by atoms with van der Waals surface area (Å²) in [5.74, 6) is 0.296. The fourth-order valence-corrected chi connectivity index (χ4v) is 3.56. The molecular weight excluding hydrogens is 340 g/mol. The summed E-state index contributed by atoms with van der Waals surface area (Å²) in [4.78, 5) is 30.8. The summed E-state index contributed by atoms with van der Waals surface area (Å²) in [5, 5.41) is 0. The SMILES string of the molecule is CC(N)CC(=O)N1CCN(C2CCN(c3ccccc3)C2=O)CC1.Cl. The number of rotatable bonds is 4. The first-order valence-corrected chi connectivity index (χ1v) is 8.70. The van der Waals surface area contributed by atoms with Crippen LogP contribution in [0.15, 0.2) is 30.3 Å². The van der Waals surface area contributed by atoms with Gasteiger partial charge in [0.1, 0.15) is 0 Å². The van der Waals surface area contributed by atoms with Gasteiger partial charge in [0.25, 0.3) is 0 Å². The van der Waals surface area contributed by atoms with Crippen LogP contribution in [0.3, 0.4) is 0 Å². The average Bonchev–Trinajstić information content (AvgIpc) is 2.97. The molecule has 6 nitrogen and oxygen atoms in total. The van der Waals surface area contributed by atoms with Crippen molar-refractivity contribution in [2.24, 2.45) is 5.73 Å². The Bertz CT molecular complexity index is 588. The first-order valence-electron chi connectivity index (χ1n) is 8.70. The van der Waals surface area contributed by atoms with Gasteiger partial charge in [-0.15, -0.1) is 12.4 Å². The molecule has 0 spiro atoms. The molecule has 2 aliphatic rings. The van der Waals surface area contributed by atoms with Crippen LogP contribution in [-0.2, 0) is 9.59 Å². The number of amides is 2. The highest BCUT2D eigenvalue weighted by Gasteiger charge is 2.38. The summed E-state index contributed by atoms with van der Waals surface area (Å²) in [5.41, 5.74) is 6.68. The highest BCUT2D eigenvalue weighted by atomic mass is 35.5. The normalized spacial score (nSPS) is 22.6. The number of carbonyl (C=O) groups excluding carboxylic acids is 2. The Hall–Kier alpha value is -1.63. The topological polar surface area (TPSA) is 69.9 Å². The predicted octanol–water partition coefficient (Wildman–Crippen LogP) is 1.10. The number of benzene rings is 1. The zero-order valence-corrected chi connectivity index (χ0v) is 15.5. The number of nitrogens with zero attached hydrogens (tertiary/aromatic N) is 3. The smallest absolute Gasteiger partial charge is 0.244 e. The summed E-state index contributed by atoms with van der Waals surface area (Å²) in [6.45, 7) is 5.48. The van der Waals surface area contributed by atoms with Crippen LogP contribution in [-0.4, -0.2) is 66.4 Å². The maximum atomic E-state index is 12.8. The fourth-order valence-electron chi connectivity index (χ4n) is 3.56. The molecule has 2 atom stereocenters. The zero-order valence-electron chi connectivity index (χ0n) is 14.6. The number of nitrogens with two attached hydrogens (primary N) is 1. The van der Waals surface area contributed by atoms with Crippen molar-refractivity contribution in [3.05, 3.63) is 30.3 Å². The summed E-state index contributed by atoms with van der Waals surface area (Å²) in [6.07, 6.45) is 1.24. The van der Waals surface area contributed by atoms with Gasteiger partial charge in [0.2, 0.25) is 11.8 Å². The van der Waals surface area contributed by atoms with Crippen LogP contribution in [0.2, 0.25) is 0 Å². The van der Waals surface area contributed by atoms with E-state index in [2.05, 4.69) is 4.90 Å². The van der Waals surface area contributed by atoms with Gasteiger partial charge in [0, 0.05) is 50.9 Å². The van der Waals surface area contributed by atoms with Gasteiger partial charge in [0.05, 0.1) is 6.04 Å². The lowest BCUT2D eigenvalue weighted by atomic mass is 10.1. The summed E-state index contributed by atoms with van der Waals surface area (Å²) in [7, 11) is 0. The lowest BCUT2D eigenvalue weighted by Gasteiger charge is -2.37. The zero-order chi connectivity index (χ0) is 17.1. The highest BCUT2D eigenvalue weighted by molar-refractivity contribution is 5.99. The molecule has 1 aromatic carbocycles. The van der Waals surface area contributed by atoms with E-state index in [9.17, 15) is 9.59 Å². The van der Waals surface area contributed by atoms with Crippen LogP contribution >= 0.6 is 12.4 Å². The van der Waals surface area contributed by atoms with Gasteiger partial charge >= 0.3 is 0 Å². The molecule has 25 heavy (non-hydrogen) atoms. The number of halogens is 1. The third kappa shape index (κ3) is 4.51. The molecule has 2 amide bonds. The number of anilines is 1. The molecule has 2 fully saturated rings. The van der Waals surface area contributed by atoms with Crippen molar-refractivity contribution < 1.29 is 9.59 Å². The van der Waals surface area contributed by atoms with Crippen LogP contribution in [0.1, 0.15) is 19.8 Å². The van der Waals surface area contributed by atoms with E-state index < -0.39 is 0 Å². The van der Waals surface area contributed by atoms with Gasteiger partial charge < -0.3 is 15.5 Å². The monoisotopic (exact) mass is 366 g/mol. The number of para-hydroxylation sites is 1. The Kier molecular flexibility index (Phi) is 6.81. The second-order valence-electron chi connectivity index (χ2n) is 6.73. The minimum absolute atomic E-state index is 0. The van der Waals surface area contributed by atoms with Crippen molar-refractivity contribution in [3.63, 3.8) is 0 Å². The van der Waals surface area contributed by atoms with Gasteiger partial charge in [-0.05, 0) is 25.5 Å².